The second-order valence-corrected chi connectivity index (χ2v) is 4.98. The zero-order valence-electron chi connectivity index (χ0n) is 9.75. The van der Waals surface area contributed by atoms with Crippen molar-refractivity contribution in [1.29, 1.82) is 0 Å². The lowest BCUT2D eigenvalue weighted by Gasteiger charge is -2.39. The van der Waals surface area contributed by atoms with Gasteiger partial charge in [0.15, 0.2) is 0 Å². The van der Waals surface area contributed by atoms with Crippen LogP contribution in [0.5, 0.6) is 0 Å². The Morgan fingerprint density at radius 3 is 2.53 bits per heavy atom. The molecule has 15 heavy (non-hydrogen) atoms. The molecule has 2 amide bonds. The van der Waals surface area contributed by atoms with Gasteiger partial charge in [0.25, 0.3) is 0 Å². The summed E-state index contributed by atoms with van der Waals surface area (Å²) in [6.45, 7) is 2.57. The maximum Gasteiger partial charge on any atom is 0.317 e. The van der Waals surface area contributed by atoms with Gasteiger partial charge in [-0.25, -0.2) is 4.79 Å². The van der Waals surface area contributed by atoms with Crippen LogP contribution in [0.1, 0.15) is 25.7 Å². The molecule has 0 aromatic rings. The minimum Gasteiger partial charge on any atom is -0.336 e. The predicted octanol–water partition coefficient (Wildman–Crippen LogP) is 0.886. The topological polar surface area (TPSA) is 35.6 Å². The third kappa shape index (κ3) is 1.95. The van der Waals surface area contributed by atoms with Crippen LogP contribution in [0.15, 0.2) is 0 Å². The fourth-order valence-electron chi connectivity index (χ4n) is 2.80. The largest absolute Gasteiger partial charge is 0.336 e. The number of likely N-dealkylation sites (N-methyl/N-ethyl adjacent to an activating group) is 1. The molecule has 0 unspecified atom stereocenters. The van der Waals surface area contributed by atoms with E-state index in [0.717, 1.165) is 19.6 Å². The molecular weight excluding hydrogens is 190 g/mol. The lowest BCUT2D eigenvalue weighted by Crippen LogP contribution is -2.51. The number of rotatable bonds is 3. The van der Waals surface area contributed by atoms with Crippen molar-refractivity contribution in [2.45, 2.75) is 31.2 Å². The van der Waals surface area contributed by atoms with Gasteiger partial charge in [-0.2, -0.15) is 0 Å². The minimum absolute atomic E-state index is 0.114. The van der Waals surface area contributed by atoms with E-state index in [1.54, 1.807) is 0 Å². The lowest BCUT2D eigenvalue weighted by molar-refractivity contribution is 0.113. The zero-order chi connectivity index (χ0) is 10.9. The normalized spacial score (nSPS) is 25.0. The second-order valence-electron chi connectivity index (χ2n) is 4.98. The van der Waals surface area contributed by atoms with E-state index in [0.29, 0.717) is 0 Å². The molecule has 86 valence electrons. The first kappa shape index (κ1) is 10.7. The Balaban J connectivity index is 2.03. The second kappa shape index (κ2) is 4.00. The molecule has 4 heteroatoms. The number of urea groups is 1. The van der Waals surface area contributed by atoms with Gasteiger partial charge in [-0.1, -0.05) is 12.8 Å². The van der Waals surface area contributed by atoms with Crippen molar-refractivity contribution in [3.63, 3.8) is 0 Å². The number of hydrogen-bond donors (Lipinski definition) is 1. The van der Waals surface area contributed by atoms with E-state index in [1.807, 2.05) is 4.90 Å². The van der Waals surface area contributed by atoms with E-state index in [9.17, 15) is 4.79 Å². The number of carbonyl (C=O) groups is 1. The van der Waals surface area contributed by atoms with E-state index < -0.39 is 0 Å². The third-order valence-corrected chi connectivity index (χ3v) is 3.91. The molecule has 0 aromatic heterocycles. The number of nitrogens with one attached hydrogen (secondary N) is 1. The highest BCUT2D eigenvalue weighted by atomic mass is 16.2. The Morgan fingerprint density at radius 1 is 1.40 bits per heavy atom. The maximum absolute atomic E-state index is 11.5. The van der Waals surface area contributed by atoms with Gasteiger partial charge < -0.3 is 15.1 Å². The van der Waals surface area contributed by atoms with Gasteiger partial charge in [0.1, 0.15) is 0 Å². The van der Waals surface area contributed by atoms with Crippen molar-refractivity contribution in [2.24, 2.45) is 0 Å². The average Bonchev–Trinajstić information content (AvgIpc) is 2.78. The highest BCUT2D eigenvalue weighted by molar-refractivity contribution is 5.76. The molecular formula is C11H21N3O. The van der Waals surface area contributed by atoms with Crippen molar-refractivity contribution < 1.29 is 4.79 Å². The van der Waals surface area contributed by atoms with Crippen LogP contribution < -0.4 is 5.32 Å². The molecule has 0 atom stereocenters. The molecule has 1 aliphatic carbocycles. The van der Waals surface area contributed by atoms with Crippen molar-refractivity contribution in [3.8, 4) is 0 Å². The molecule has 1 aliphatic heterocycles. The fourth-order valence-corrected chi connectivity index (χ4v) is 2.80. The van der Waals surface area contributed by atoms with Crippen molar-refractivity contribution in [3.05, 3.63) is 0 Å². The molecule has 1 N–H and O–H groups in total. The summed E-state index contributed by atoms with van der Waals surface area (Å²) in [6.07, 6.45) is 5.05. The highest BCUT2D eigenvalue weighted by Crippen LogP contribution is 2.34. The summed E-state index contributed by atoms with van der Waals surface area (Å²) >= 11 is 0. The summed E-state index contributed by atoms with van der Waals surface area (Å²) in [5, 5.41) is 2.87. The monoisotopic (exact) mass is 211 g/mol. The molecule has 2 fully saturated rings. The molecule has 1 saturated carbocycles. The van der Waals surface area contributed by atoms with Crippen LogP contribution in [0.2, 0.25) is 0 Å². The van der Waals surface area contributed by atoms with Gasteiger partial charge in [-0.3, -0.25) is 0 Å². The third-order valence-electron chi connectivity index (χ3n) is 3.91. The first-order valence-corrected chi connectivity index (χ1v) is 5.84. The zero-order valence-corrected chi connectivity index (χ0v) is 9.75. The van der Waals surface area contributed by atoms with Gasteiger partial charge >= 0.3 is 6.03 Å². The van der Waals surface area contributed by atoms with Gasteiger partial charge in [-0.05, 0) is 26.9 Å². The van der Waals surface area contributed by atoms with Crippen LogP contribution in [0, 0.1) is 0 Å². The molecule has 0 radical (unpaired) electrons. The molecule has 2 rings (SSSR count). The Labute approximate surface area is 91.6 Å². The van der Waals surface area contributed by atoms with Gasteiger partial charge in [0, 0.05) is 25.2 Å². The Kier molecular flexibility index (Phi) is 2.87. The summed E-state index contributed by atoms with van der Waals surface area (Å²) in [7, 11) is 4.28. The van der Waals surface area contributed by atoms with Gasteiger partial charge in [0.2, 0.25) is 0 Å². The standard InChI is InChI=1S/C11H21N3O/c1-13(2)11(5-3-4-6-11)9-14-8-7-12-10(14)15/h3-9H2,1-2H3,(H,12,15). The number of carbonyl (C=O) groups excluding carboxylic acids is 1. The van der Waals surface area contributed by atoms with Crippen molar-refractivity contribution >= 4 is 6.03 Å². The van der Waals surface area contributed by atoms with Crippen LogP contribution >= 0.6 is 0 Å². The highest BCUT2D eigenvalue weighted by Gasteiger charge is 2.39. The first-order chi connectivity index (χ1) is 7.14. The quantitative estimate of drug-likeness (QED) is 0.752. The smallest absolute Gasteiger partial charge is 0.317 e. The van der Waals surface area contributed by atoms with E-state index in [-0.39, 0.29) is 11.6 Å². The van der Waals surface area contributed by atoms with E-state index in [2.05, 4.69) is 24.3 Å². The van der Waals surface area contributed by atoms with Crippen molar-refractivity contribution in [2.75, 3.05) is 33.7 Å². The van der Waals surface area contributed by atoms with Crippen LogP contribution in [0.4, 0.5) is 4.79 Å². The van der Waals surface area contributed by atoms with E-state index >= 15 is 0 Å². The summed E-state index contributed by atoms with van der Waals surface area (Å²) in [6, 6.07) is 0.114. The van der Waals surface area contributed by atoms with E-state index in [1.165, 1.54) is 25.7 Å². The Hall–Kier alpha value is -0.770. The Bertz CT molecular complexity index is 246. The SMILES string of the molecule is CN(C)C1(CN2CCNC2=O)CCCC1. The fraction of sp³-hybridized carbons (Fsp3) is 0.909. The molecule has 0 bridgehead atoms. The number of hydrogen-bond acceptors (Lipinski definition) is 2. The predicted molar refractivity (Wildman–Crippen MR) is 59.9 cm³/mol. The van der Waals surface area contributed by atoms with Crippen LogP contribution in [-0.2, 0) is 0 Å². The van der Waals surface area contributed by atoms with Crippen LogP contribution in [0.3, 0.4) is 0 Å². The summed E-state index contributed by atoms with van der Waals surface area (Å²) in [4.78, 5) is 15.8. The first-order valence-electron chi connectivity index (χ1n) is 5.84. The maximum atomic E-state index is 11.5. The van der Waals surface area contributed by atoms with Gasteiger partial charge in [0.05, 0.1) is 0 Å². The molecule has 4 nitrogen and oxygen atoms in total. The summed E-state index contributed by atoms with van der Waals surface area (Å²) in [5.41, 5.74) is 0.238. The summed E-state index contributed by atoms with van der Waals surface area (Å²) in [5.74, 6) is 0. The molecule has 1 saturated heterocycles. The molecule has 1 heterocycles. The average molecular weight is 211 g/mol. The van der Waals surface area contributed by atoms with Crippen LogP contribution in [0.25, 0.3) is 0 Å². The molecule has 0 aromatic carbocycles. The molecule has 0 spiro atoms. The summed E-state index contributed by atoms with van der Waals surface area (Å²) < 4.78 is 0. The van der Waals surface area contributed by atoms with Gasteiger partial charge in [-0.15, -0.1) is 0 Å². The minimum atomic E-state index is 0.114. The molecule has 2 aliphatic rings. The number of amides is 2. The number of nitrogens with zero attached hydrogens (tertiary/aromatic N) is 2. The van der Waals surface area contributed by atoms with Crippen LogP contribution in [-0.4, -0.2) is 55.1 Å². The van der Waals surface area contributed by atoms with Crippen molar-refractivity contribution in [1.82, 2.24) is 15.1 Å². The van der Waals surface area contributed by atoms with E-state index in [4.69, 9.17) is 0 Å². The Morgan fingerprint density at radius 2 is 2.07 bits per heavy atom. The lowest BCUT2D eigenvalue weighted by atomic mass is 9.95.